The number of quaternary nitrogens is 2. The highest BCUT2D eigenvalue weighted by atomic mass is 79.9. The van der Waals surface area contributed by atoms with Crippen molar-refractivity contribution in [2.24, 2.45) is 0 Å². The Bertz CT molecular complexity index is 1720. The van der Waals surface area contributed by atoms with Gasteiger partial charge in [-0.15, -0.1) is 0 Å². The van der Waals surface area contributed by atoms with Crippen molar-refractivity contribution in [1.29, 1.82) is 0 Å². The number of nitrogens with zero attached hydrogens (tertiary/aromatic N) is 4. The number of halogens is 2. The van der Waals surface area contributed by atoms with Crippen LogP contribution in [0.5, 0.6) is 0 Å². The van der Waals surface area contributed by atoms with Crippen molar-refractivity contribution in [3.05, 3.63) is 76.9 Å². The normalized spacial score (nSPS) is 13.6. The molecule has 0 spiro atoms. The SMILES string of the molecule is C/C=C/c1ccc2c(c1)C(CCOCCOCC[N+](C)(C)C)(CCOCCOCC[N+](C)(C)C)c1cc(-c3ccc(C)c4nsnc34)ccc1-2.[Br-].[Br-]. The maximum atomic E-state index is 6.31. The number of hydrogen-bond acceptors (Lipinski definition) is 7. The molecule has 52 heavy (non-hydrogen) atoms. The van der Waals surface area contributed by atoms with Crippen LogP contribution in [0.2, 0.25) is 0 Å². The van der Waals surface area contributed by atoms with Gasteiger partial charge in [0.1, 0.15) is 24.1 Å². The molecule has 0 radical (unpaired) electrons. The molecule has 0 atom stereocenters. The monoisotopic (exact) mass is 860 g/mol. The second-order valence-corrected chi connectivity index (χ2v) is 16.0. The molecule has 8 nitrogen and oxygen atoms in total. The van der Waals surface area contributed by atoms with Crippen molar-refractivity contribution >= 4 is 28.8 Å². The van der Waals surface area contributed by atoms with Gasteiger partial charge in [-0.25, -0.2) is 0 Å². The van der Waals surface area contributed by atoms with Crippen LogP contribution in [0.1, 0.15) is 42.0 Å². The van der Waals surface area contributed by atoms with Gasteiger partial charge in [0.25, 0.3) is 0 Å². The van der Waals surface area contributed by atoms with Crippen molar-refractivity contribution < 1.29 is 61.9 Å². The van der Waals surface area contributed by atoms with Crippen molar-refractivity contribution in [3.63, 3.8) is 0 Å². The summed E-state index contributed by atoms with van der Waals surface area (Å²) in [5, 5.41) is 0. The van der Waals surface area contributed by atoms with Gasteiger partial charge >= 0.3 is 0 Å². The second kappa shape index (κ2) is 20.0. The van der Waals surface area contributed by atoms with Gasteiger partial charge in [0, 0.05) is 24.2 Å². The molecule has 0 fully saturated rings. The Morgan fingerprint density at radius 3 is 1.67 bits per heavy atom. The summed E-state index contributed by atoms with van der Waals surface area (Å²) in [4.78, 5) is 0. The van der Waals surface area contributed by atoms with Crippen LogP contribution in [0.4, 0.5) is 0 Å². The fourth-order valence-electron chi connectivity index (χ4n) is 6.68. The van der Waals surface area contributed by atoms with Crippen molar-refractivity contribution in [2.45, 2.75) is 32.1 Å². The fraction of sp³-hybridized carbons (Fsp3) is 0.512. The number of rotatable bonds is 20. The van der Waals surface area contributed by atoms with Crippen molar-refractivity contribution in [1.82, 2.24) is 8.75 Å². The minimum absolute atomic E-state index is 0. The molecule has 3 aromatic carbocycles. The number of aromatic nitrogens is 2. The smallest absolute Gasteiger partial charge is 0.112 e. The molecule has 286 valence electrons. The molecule has 11 heteroatoms. The molecule has 0 amide bonds. The first-order valence-electron chi connectivity index (χ1n) is 18.0. The number of allylic oxidation sites excluding steroid dienone is 1. The molecule has 5 rings (SSSR count). The molecule has 0 unspecified atom stereocenters. The fourth-order valence-corrected chi connectivity index (χ4v) is 7.30. The summed E-state index contributed by atoms with van der Waals surface area (Å²) in [6, 6.07) is 18.2. The summed E-state index contributed by atoms with van der Waals surface area (Å²) >= 11 is 1.28. The van der Waals surface area contributed by atoms with Crippen LogP contribution >= 0.6 is 11.7 Å². The minimum Gasteiger partial charge on any atom is -1.00 e. The van der Waals surface area contributed by atoms with Gasteiger partial charge in [-0.2, -0.15) is 8.75 Å². The summed E-state index contributed by atoms with van der Waals surface area (Å²) < 4.78 is 35.6. The lowest BCUT2D eigenvalue weighted by Crippen LogP contribution is -3.00. The van der Waals surface area contributed by atoms with E-state index >= 15 is 0 Å². The molecule has 0 bridgehead atoms. The van der Waals surface area contributed by atoms with E-state index in [9.17, 15) is 0 Å². The summed E-state index contributed by atoms with van der Waals surface area (Å²) in [6.45, 7) is 11.1. The zero-order valence-corrected chi connectivity index (χ0v) is 36.3. The van der Waals surface area contributed by atoms with Crippen LogP contribution in [-0.2, 0) is 24.4 Å². The molecule has 4 aromatic rings. The van der Waals surface area contributed by atoms with E-state index in [-0.39, 0.29) is 39.4 Å². The Hall–Kier alpha value is -2.06. The van der Waals surface area contributed by atoms with Gasteiger partial charge in [-0.1, -0.05) is 54.6 Å². The highest BCUT2D eigenvalue weighted by molar-refractivity contribution is 7.00. The lowest BCUT2D eigenvalue weighted by atomic mass is 9.72. The first kappa shape index (κ1) is 44.3. The van der Waals surface area contributed by atoms with E-state index in [0.29, 0.717) is 39.6 Å². The van der Waals surface area contributed by atoms with E-state index in [4.69, 9.17) is 23.3 Å². The Labute approximate surface area is 337 Å². The maximum absolute atomic E-state index is 6.31. The predicted octanol–water partition coefficient (Wildman–Crippen LogP) is 1.23. The largest absolute Gasteiger partial charge is 1.00 e. The zero-order chi connectivity index (χ0) is 35.8. The molecule has 0 saturated carbocycles. The lowest BCUT2D eigenvalue weighted by molar-refractivity contribution is -0.870. The van der Waals surface area contributed by atoms with Crippen LogP contribution < -0.4 is 34.0 Å². The minimum atomic E-state index is -0.294. The second-order valence-electron chi connectivity index (χ2n) is 15.5. The molecule has 0 saturated heterocycles. The van der Waals surface area contributed by atoms with Crippen LogP contribution in [0.3, 0.4) is 0 Å². The van der Waals surface area contributed by atoms with Crippen LogP contribution in [0.15, 0.2) is 54.6 Å². The van der Waals surface area contributed by atoms with Gasteiger partial charge in [0.2, 0.25) is 0 Å². The maximum Gasteiger partial charge on any atom is 0.112 e. The van der Waals surface area contributed by atoms with Crippen LogP contribution in [-0.4, -0.2) is 126 Å². The summed E-state index contributed by atoms with van der Waals surface area (Å²) in [7, 11) is 13.1. The molecule has 0 aliphatic heterocycles. The van der Waals surface area contributed by atoms with E-state index in [1.165, 1.54) is 39.5 Å². The number of likely N-dealkylation sites (N-methyl/N-ethyl adjacent to an activating group) is 2. The highest BCUT2D eigenvalue weighted by Gasteiger charge is 2.43. The third-order valence-electron chi connectivity index (χ3n) is 9.58. The number of fused-ring (bicyclic) bond motifs is 4. The van der Waals surface area contributed by atoms with Gasteiger partial charge in [0.05, 0.1) is 93.7 Å². The van der Waals surface area contributed by atoms with Crippen LogP contribution in [0.25, 0.3) is 39.4 Å². The van der Waals surface area contributed by atoms with Gasteiger partial charge in [0.15, 0.2) is 0 Å². The summed E-state index contributed by atoms with van der Waals surface area (Å²) in [6.07, 6.45) is 5.96. The van der Waals surface area contributed by atoms with E-state index < -0.39 is 0 Å². The average molecular weight is 863 g/mol. The summed E-state index contributed by atoms with van der Waals surface area (Å²) in [5.74, 6) is 0. The van der Waals surface area contributed by atoms with E-state index in [1.54, 1.807) is 0 Å². The molecular weight excluding hydrogens is 804 g/mol. The Morgan fingerprint density at radius 1 is 0.615 bits per heavy atom. The van der Waals surface area contributed by atoms with Crippen molar-refractivity contribution in [3.8, 4) is 22.3 Å². The third kappa shape index (κ3) is 11.5. The van der Waals surface area contributed by atoms with Crippen LogP contribution in [0, 0.1) is 6.92 Å². The van der Waals surface area contributed by atoms with E-state index in [0.717, 1.165) is 75.8 Å². The quantitative estimate of drug-likeness (QED) is 0.0987. The molecule has 1 aliphatic carbocycles. The van der Waals surface area contributed by atoms with E-state index in [2.05, 4.69) is 121 Å². The number of ether oxygens (including phenoxy) is 4. The Kier molecular flexibility index (Phi) is 17.1. The average Bonchev–Trinajstić information content (AvgIpc) is 3.65. The van der Waals surface area contributed by atoms with Crippen molar-refractivity contribution in [2.75, 3.05) is 108 Å². The lowest BCUT2D eigenvalue weighted by Gasteiger charge is -2.33. The number of aryl methyl sites for hydroxylation is 1. The number of hydrogen-bond donors (Lipinski definition) is 0. The molecule has 0 N–H and O–H groups in total. The molecular formula is C41H58Br2N4O4S. The Balaban J connectivity index is 0.00000364. The predicted molar refractivity (Wildman–Crippen MR) is 207 cm³/mol. The first-order valence-corrected chi connectivity index (χ1v) is 18.7. The number of benzene rings is 3. The molecule has 1 aliphatic rings. The standard InChI is InChI=1S/C41H58N4O4S.2BrH/c1-9-10-32-12-15-35-36-16-13-33(34-14-11-31(2)39-40(34)43-50-42-39)30-38(36)41(37(35)29-32,17-21-46-25-27-48-23-19-44(3,4)5)18-22-47-26-28-49-24-20-45(6,7)8;;/h9-16,29-30H,17-28H2,1-8H3;2*1H/q+2;;/p-2/b10-9+;;. The molecule has 1 aromatic heterocycles. The van der Waals surface area contributed by atoms with E-state index in [1.807, 2.05) is 0 Å². The summed E-state index contributed by atoms with van der Waals surface area (Å²) in [5.41, 5.74) is 11.5. The highest BCUT2D eigenvalue weighted by Crippen LogP contribution is 2.54. The Morgan fingerprint density at radius 2 is 1.12 bits per heavy atom. The topological polar surface area (TPSA) is 62.7 Å². The zero-order valence-electron chi connectivity index (χ0n) is 32.3. The van der Waals surface area contributed by atoms with Gasteiger partial charge in [-0.05, 0) is 71.7 Å². The first-order chi connectivity index (χ1) is 23.9. The van der Waals surface area contributed by atoms with Gasteiger partial charge in [-0.3, -0.25) is 0 Å². The van der Waals surface area contributed by atoms with Gasteiger partial charge < -0.3 is 61.9 Å². The third-order valence-corrected chi connectivity index (χ3v) is 10.1. The molecule has 1 heterocycles.